The average molecular weight is 378 g/mol. The maximum Gasteiger partial charge on any atom is 0.177 e. The molecule has 2 aromatic rings. The number of hydrogen-bond donors (Lipinski definition) is 1. The van der Waals surface area contributed by atoms with Crippen LogP contribution < -0.4 is 0 Å². The van der Waals surface area contributed by atoms with Crippen molar-refractivity contribution in [2.75, 3.05) is 0 Å². The van der Waals surface area contributed by atoms with Crippen molar-refractivity contribution in [2.24, 2.45) is 21.7 Å². The highest BCUT2D eigenvalue weighted by molar-refractivity contribution is 6.11. The van der Waals surface area contributed by atoms with Crippen LogP contribution in [-0.4, -0.2) is 21.7 Å². The van der Waals surface area contributed by atoms with Gasteiger partial charge in [-0.1, -0.05) is 71.9 Å². The van der Waals surface area contributed by atoms with Gasteiger partial charge in [-0.05, 0) is 29.2 Å². The molecule has 1 unspecified atom stereocenters. The van der Waals surface area contributed by atoms with Crippen LogP contribution in [0.25, 0.3) is 0 Å². The van der Waals surface area contributed by atoms with Crippen LogP contribution in [0.2, 0.25) is 0 Å². The Morgan fingerprint density at radius 1 is 1.11 bits per heavy atom. The molecule has 0 amide bonds. The number of hydrogen-bond acceptors (Lipinski definition) is 3. The van der Waals surface area contributed by atoms with Gasteiger partial charge in [0.05, 0.1) is 5.92 Å². The molecular weight excluding hydrogens is 346 g/mol. The molecule has 2 aliphatic rings. The van der Waals surface area contributed by atoms with E-state index in [-0.39, 0.29) is 16.7 Å². The molecule has 1 N–H and O–H groups in total. The number of rotatable bonds is 2. The standard InChI is InChI=1S/C24H31N3O/c1-22(2,3)12-17-20-21(27-26-17)25-16-13-23(4,5)14-18(28)19(16)24(20,6)15-10-8-7-9-11-15/h7-11,19H,12-14H2,1-6H3,(H,26,27)/t19?,24-/m1/s1. The lowest BCUT2D eigenvalue weighted by atomic mass is 9.56. The number of aliphatic imine (C=N–C) groups is 1. The van der Waals surface area contributed by atoms with E-state index in [0.717, 1.165) is 35.6 Å². The molecule has 1 aromatic heterocycles. The molecule has 4 nitrogen and oxygen atoms in total. The molecule has 1 aromatic carbocycles. The number of aromatic amines is 1. The lowest BCUT2D eigenvalue weighted by Crippen LogP contribution is -2.50. The Balaban J connectivity index is 1.97. The summed E-state index contributed by atoms with van der Waals surface area (Å²) in [5.74, 6) is 0.851. The summed E-state index contributed by atoms with van der Waals surface area (Å²) in [4.78, 5) is 18.4. The van der Waals surface area contributed by atoms with Crippen LogP contribution in [0.1, 0.15) is 71.2 Å². The smallest absolute Gasteiger partial charge is 0.177 e. The largest absolute Gasteiger partial charge is 0.299 e. The van der Waals surface area contributed by atoms with Crippen molar-refractivity contribution >= 4 is 17.3 Å². The summed E-state index contributed by atoms with van der Waals surface area (Å²) in [6.45, 7) is 13.2. The van der Waals surface area contributed by atoms with Gasteiger partial charge in [0.1, 0.15) is 5.78 Å². The number of Topliss-reactive ketones (excluding diaryl/α,β-unsaturated/α-hetero) is 1. The average Bonchev–Trinajstić information content (AvgIpc) is 2.95. The minimum atomic E-state index is -0.450. The van der Waals surface area contributed by atoms with E-state index in [2.05, 4.69) is 76.0 Å². The van der Waals surface area contributed by atoms with Gasteiger partial charge in [0, 0.05) is 28.8 Å². The molecule has 2 heterocycles. The molecule has 0 saturated heterocycles. The molecule has 1 aliphatic heterocycles. The Morgan fingerprint density at radius 2 is 1.79 bits per heavy atom. The minimum Gasteiger partial charge on any atom is -0.299 e. The van der Waals surface area contributed by atoms with E-state index < -0.39 is 5.41 Å². The lowest BCUT2D eigenvalue weighted by Gasteiger charge is -2.46. The molecule has 1 fully saturated rings. The third kappa shape index (κ3) is 3.03. The molecule has 0 bridgehead atoms. The predicted molar refractivity (Wildman–Crippen MR) is 113 cm³/mol. The zero-order valence-corrected chi connectivity index (χ0v) is 17.9. The molecule has 0 spiro atoms. The van der Waals surface area contributed by atoms with Gasteiger partial charge in [-0.25, -0.2) is 4.99 Å². The number of H-pyrrole nitrogens is 1. The summed E-state index contributed by atoms with van der Waals surface area (Å²) < 4.78 is 0. The SMILES string of the molecule is CC(C)(C)Cc1[nH]nc2c1[C@](C)(c1ccccc1)C1C(=O)CC(C)(C)CC1=N2. The second-order valence-electron chi connectivity index (χ2n) is 10.7. The van der Waals surface area contributed by atoms with E-state index in [9.17, 15) is 4.79 Å². The van der Waals surface area contributed by atoms with Crippen LogP contribution in [-0.2, 0) is 16.6 Å². The Kier molecular flexibility index (Phi) is 4.18. The molecular formula is C24H31N3O. The maximum atomic E-state index is 13.4. The summed E-state index contributed by atoms with van der Waals surface area (Å²) in [5, 5.41) is 7.88. The van der Waals surface area contributed by atoms with Crippen LogP contribution in [0.4, 0.5) is 5.82 Å². The van der Waals surface area contributed by atoms with E-state index >= 15 is 0 Å². The van der Waals surface area contributed by atoms with Crippen LogP contribution in [0.15, 0.2) is 35.3 Å². The first-order valence-corrected chi connectivity index (χ1v) is 10.2. The maximum absolute atomic E-state index is 13.4. The second-order valence-corrected chi connectivity index (χ2v) is 10.7. The third-order valence-corrected chi connectivity index (χ3v) is 6.22. The number of fused-ring (bicyclic) bond motifs is 2. The Labute approximate surface area is 167 Å². The zero-order valence-electron chi connectivity index (χ0n) is 17.9. The number of benzene rings is 1. The second kappa shape index (κ2) is 6.13. The van der Waals surface area contributed by atoms with Gasteiger partial charge in [-0.3, -0.25) is 9.89 Å². The van der Waals surface area contributed by atoms with Gasteiger partial charge in [0.2, 0.25) is 0 Å². The van der Waals surface area contributed by atoms with Gasteiger partial charge >= 0.3 is 0 Å². The number of nitrogens with zero attached hydrogens (tertiary/aromatic N) is 2. The van der Waals surface area contributed by atoms with Crippen molar-refractivity contribution in [3.8, 4) is 0 Å². The van der Waals surface area contributed by atoms with Crippen molar-refractivity contribution in [2.45, 2.75) is 66.2 Å². The molecule has 1 aliphatic carbocycles. The molecule has 0 radical (unpaired) electrons. The highest BCUT2D eigenvalue weighted by atomic mass is 16.1. The molecule has 1 saturated carbocycles. The van der Waals surface area contributed by atoms with Gasteiger partial charge < -0.3 is 0 Å². The summed E-state index contributed by atoms with van der Waals surface area (Å²) in [6.07, 6.45) is 2.31. The Bertz CT molecular complexity index is 946. The number of carbonyl (C=O) groups excluding carboxylic acids is 1. The molecule has 4 rings (SSSR count). The van der Waals surface area contributed by atoms with E-state index in [1.165, 1.54) is 5.56 Å². The van der Waals surface area contributed by atoms with Crippen molar-refractivity contribution in [1.29, 1.82) is 0 Å². The topological polar surface area (TPSA) is 58.1 Å². The third-order valence-electron chi connectivity index (χ3n) is 6.22. The first-order valence-electron chi connectivity index (χ1n) is 10.2. The first kappa shape index (κ1) is 19.1. The van der Waals surface area contributed by atoms with Gasteiger partial charge in [-0.15, -0.1) is 0 Å². The number of carbonyl (C=O) groups is 1. The van der Waals surface area contributed by atoms with Crippen molar-refractivity contribution in [1.82, 2.24) is 10.2 Å². The molecule has 28 heavy (non-hydrogen) atoms. The first-order chi connectivity index (χ1) is 13.0. The number of ketones is 1. The number of aromatic nitrogens is 2. The monoisotopic (exact) mass is 377 g/mol. The molecule has 4 heteroatoms. The molecule has 2 atom stereocenters. The normalized spacial score (nSPS) is 26.4. The fraction of sp³-hybridized carbons (Fsp3) is 0.542. The van der Waals surface area contributed by atoms with Gasteiger partial charge in [0.25, 0.3) is 0 Å². The van der Waals surface area contributed by atoms with E-state index in [0.29, 0.717) is 12.2 Å². The van der Waals surface area contributed by atoms with Crippen LogP contribution >= 0.6 is 0 Å². The van der Waals surface area contributed by atoms with Crippen molar-refractivity contribution in [3.05, 3.63) is 47.2 Å². The van der Waals surface area contributed by atoms with E-state index in [4.69, 9.17) is 4.99 Å². The van der Waals surface area contributed by atoms with Crippen LogP contribution in [0.5, 0.6) is 0 Å². The Morgan fingerprint density at radius 3 is 2.43 bits per heavy atom. The molecule has 148 valence electrons. The van der Waals surface area contributed by atoms with Crippen LogP contribution in [0.3, 0.4) is 0 Å². The minimum absolute atomic E-state index is 0.0495. The summed E-state index contributed by atoms with van der Waals surface area (Å²) in [7, 11) is 0. The summed E-state index contributed by atoms with van der Waals surface area (Å²) in [6, 6.07) is 10.4. The van der Waals surface area contributed by atoms with Crippen LogP contribution in [0, 0.1) is 16.7 Å². The van der Waals surface area contributed by atoms with Gasteiger partial charge in [0.15, 0.2) is 5.82 Å². The lowest BCUT2D eigenvalue weighted by molar-refractivity contribution is -0.125. The highest BCUT2D eigenvalue weighted by Crippen LogP contribution is 2.53. The highest BCUT2D eigenvalue weighted by Gasteiger charge is 2.54. The van der Waals surface area contributed by atoms with Crippen molar-refractivity contribution in [3.63, 3.8) is 0 Å². The fourth-order valence-electron chi connectivity index (χ4n) is 5.20. The number of nitrogens with one attached hydrogen (secondary N) is 1. The fourth-order valence-corrected chi connectivity index (χ4v) is 5.20. The summed E-state index contributed by atoms with van der Waals surface area (Å²) in [5.41, 5.74) is 3.98. The van der Waals surface area contributed by atoms with Crippen molar-refractivity contribution < 1.29 is 4.79 Å². The zero-order chi connectivity index (χ0) is 20.3. The quantitative estimate of drug-likeness (QED) is 0.762. The summed E-state index contributed by atoms with van der Waals surface area (Å²) >= 11 is 0. The predicted octanol–water partition coefficient (Wildman–Crippen LogP) is 5.40. The Hall–Kier alpha value is -2.23. The van der Waals surface area contributed by atoms with Gasteiger partial charge in [-0.2, -0.15) is 5.10 Å². The van der Waals surface area contributed by atoms with E-state index in [1.54, 1.807) is 0 Å². The van der Waals surface area contributed by atoms with E-state index in [1.807, 2.05) is 6.07 Å².